The van der Waals surface area contributed by atoms with Gasteiger partial charge in [0, 0.05) is 0 Å². The monoisotopic (exact) mass is 246 g/mol. The molecule has 2 nitrogen and oxygen atoms in total. The van der Waals surface area contributed by atoms with Gasteiger partial charge in [0.15, 0.2) is 0 Å². The van der Waals surface area contributed by atoms with Crippen molar-refractivity contribution >= 4 is 22.7 Å². The molecule has 1 atom stereocenters. The van der Waals surface area contributed by atoms with Gasteiger partial charge in [0.25, 0.3) is 0 Å². The average Bonchev–Trinajstić information content (AvgIpc) is 2.02. The first kappa shape index (κ1) is 9.81. The normalized spacial score (nSPS) is 12.4. The van der Waals surface area contributed by atoms with E-state index >= 15 is 0 Å². The predicted octanol–water partition coefficient (Wildman–Crippen LogP) is 0.583. The fourth-order valence-electron chi connectivity index (χ4n) is 0.810. The first-order valence-electron chi connectivity index (χ1n) is 3.56. The summed E-state index contributed by atoms with van der Waals surface area (Å²) in [4.78, 5) is 0. The van der Waals surface area contributed by atoms with Gasteiger partial charge in [-0.3, -0.25) is 0 Å². The van der Waals surface area contributed by atoms with Gasteiger partial charge in [0.05, 0.1) is 0 Å². The van der Waals surface area contributed by atoms with Gasteiger partial charge in [0.1, 0.15) is 0 Å². The minimum absolute atomic E-state index is 0.736. The van der Waals surface area contributed by atoms with Crippen molar-refractivity contribution < 1.29 is 8.42 Å². The van der Waals surface area contributed by atoms with E-state index in [1.54, 1.807) is 0 Å². The zero-order valence-electron chi connectivity index (χ0n) is 6.82. The molecular formula is C8H11AsO2S. The van der Waals surface area contributed by atoms with E-state index in [-0.39, 0.29) is 0 Å². The summed E-state index contributed by atoms with van der Waals surface area (Å²) in [7, 11) is -2.70. The van der Waals surface area contributed by atoms with Crippen LogP contribution in [0, 0.1) is 0 Å². The number of rotatable bonds is 3. The van der Waals surface area contributed by atoms with Crippen LogP contribution >= 0.6 is 0 Å². The first-order valence-corrected chi connectivity index (χ1v) is 9.51. The van der Waals surface area contributed by atoms with Gasteiger partial charge < -0.3 is 0 Å². The second kappa shape index (κ2) is 4.10. The van der Waals surface area contributed by atoms with Crippen LogP contribution in [0.3, 0.4) is 0 Å². The van der Waals surface area contributed by atoms with E-state index < -0.39 is 22.7 Å². The van der Waals surface area contributed by atoms with Crippen molar-refractivity contribution in [1.82, 2.24) is 0 Å². The Morgan fingerprint density at radius 2 is 1.83 bits per heavy atom. The van der Waals surface area contributed by atoms with Crippen LogP contribution in [-0.4, -0.2) is 29.3 Å². The van der Waals surface area contributed by atoms with Crippen LogP contribution in [0.5, 0.6) is 0 Å². The van der Waals surface area contributed by atoms with Crippen molar-refractivity contribution in [3.05, 3.63) is 35.9 Å². The Hall–Kier alpha value is -0.272. The Balaban J connectivity index is 2.56. The van der Waals surface area contributed by atoms with Crippen molar-refractivity contribution in [2.45, 2.75) is 5.21 Å². The van der Waals surface area contributed by atoms with Crippen molar-refractivity contribution in [2.75, 3.05) is 6.26 Å². The van der Waals surface area contributed by atoms with Crippen molar-refractivity contribution in [1.29, 1.82) is 0 Å². The molecule has 0 saturated heterocycles. The number of hydrogen-bond acceptors (Lipinski definition) is 2. The quantitative estimate of drug-likeness (QED) is 0.731. The van der Waals surface area contributed by atoms with Crippen LogP contribution in [0.25, 0.3) is 0 Å². The summed E-state index contributed by atoms with van der Waals surface area (Å²) in [6.07, 6.45) is 1.32. The average molecular weight is 246 g/mol. The van der Waals surface area contributed by atoms with E-state index in [0.29, 0.717) is 0 Å². The second-order valence-electron chi connectivity index (χ2n) is 2.58. The molecule has 0 amide bonds. The molecule has 0 heterocycles. The van der Waals surface area contributed by atoms with Crippen LogP contribution in [0.2, 0.25) is 0 Å². The van der Waals surface area contributed by atoms with Gasteiger partial charge in [0.2, 0.25) is 0 Å². The molecule has 4 heteroatoms. The molecule has 12 heavy (non-hydrogen) atoms. The fourth-order valence-corrected chi connectivity index (χ4v) is 4.43. The zero-order chi connectivity index (χ0) is 9.03. The molecule has 0 aliphatic heterocycles. The summed E-state index contributed by atoms with van der Waals surface area (Å²) in [5, 5.41) is 0.736. The van der Waals surface area contributed by atoms with Crippen LogP contribution in [0.15, 0.2) is 30.3 Å². The fraction of sp³-hybridized carbons (Fsp3) is 0.250. The standard InChI is InChI=1S/C8H11AsO2S/c1-12(10,11)9-7-8-5-3-2-4-6-8/h2-6,9H,7H2,1H3. The maximum atomic E-state index is 10.9. The molecule has 1 unspecified atom stereocenters. The van der Waals surface area contributed by atoms with Crippen LogP contribution in [-0.2, 0) is 13.3 Å². The van der Waals surface area contributed by atoms with Gasteiger partial charge >= 0.3 is 78.5 Å². The number of hydrogen-bond donors (Lipinski definition) is 0. The van der Waals surface area contributed by atoms with Gasteiger partial charge in [-0.1, -0.05) is 0 Å². The summed E-state index contributed by atoms with van der Waals surface area (Å²) >= 11 is -0.855. The topological polar surface area (TPSA) is 34.1 Å². The molecule has 0 saturated carbocycles. The molecule has 0 aromatic heterocycles. The Kier molecular flexibility index (Phi) is 3.36. The van der Waals surface area contributed by atoms with E-state index in [1.165, 1.54) is 6.26 Å². The summed E-state index contributed by atoms with van der Waals surface area (Å²) in [6, 6.07) is 9.74. The molecule has 0 aliphatic rings. The summed E-state index contributed by atoms with van der Waals surface area (Å²) in [5.74, 6) is 0. The van der Waals surface area contributed by atoms with E-state index in [2.05, 4.69) is 0 Å². The van der Waals surface area contributed by atoms with E-state index in [1.807, 2.05) is 30.3 Å². The maximum absolute atomic E-state index is 10.9. The predicted molar refractivity (Wildman–Crippen MR) is 52.1 cm³/mol. The Morgan fingerprint density at radius 3 is 2.33 bits per heavy atom. The molecule has 1 rings (SSSR count). The summed E-state index contributed by atoms with van der Waals surface area (Å²) < 4.78 is 21.7. The molecule has 1 aromatic rings. The van der Waals surface area contributed by atoms with Gasteiger partial charge in [-0.2, -0.15) is 0 Å². The molecule has 0 fully saturated rings. The van der Waals surface area contributed by atoms with Gasteiger partial charge in [-0.05, 0) is 0 Å². The number of benzene rings is 1. The van der Waals surface area contributed by atoms with Gasteiger partial charge in [-0.25, -0.2) is 0 Å². The van der Waals surface area contributed by atoms with E-state index in [0.717, 1.165) is 10.8 Å². The van der Waals surface area contributed by atoms with Crippen molar-refractivity contribution in [3.8, 4) is 0 Å². The first-order chi connectivity index (χ1) is 5.58. The van der Waals surface area contributed by atoms with E-state index in [4.69, 9.17) is 0 Å². The Bertz CT molecular complexity index is 331. The summed E-state index contributed by atoms with van der Waals surface area (Å²) in [6.45, 7) is 0. The molecule has 66 valence electrons. The molecule has 1 aromatic carbocycles. The van der Waals surface area contributed by atoms with E-state index in [9.17, 15) is 8.42 Å². The van der Waals surface area contributed by atoms with Crippen LogP contribution < -0.4 is 0 Å². The molecule has 0 N–H and O–H groups in total. The third-order valence-corrected chi connectivity index (χ3v) is 7.12. The molecule has 0 spiro atoms. The Morgan fingerprint density at radius 1 is 1.25 bits per heavy atom. The molecule has 0 bridgehead atoms. The summed E-state index contributed by atoms with van der Waals surface area (Å²) in [5.41, 5.74) is 1.13. The SMILES string of the molecule is CS(=O)(=O)[AsH]Cc1ccccc1. The van der Waals surface area contributed by atoms with Crippen molar-refractivity contribution in [2.24, 2.45) is 0 Å². The molecular weight excluding hydrogens is 235 g/mol. The van der Waals surface area contributed by atoms with Crippen molar-refractivity contribution in [3.63, 3.8) is 0 Å². The second-order valence-corrected chi connectivity index (χ2v) is 11.6. The molecule has 0 radical (unpaired) electrons. The third-order valence-electron chi connectivity index (χ3n) is 1.38. The Labute approximate surface area is 78.6 Å². The van der Waals surface area contributed by atoms with Gasteiger partial charge in [-0.15, -0.1) is 0 Å². The molecule has 0 aliphatic carbocycles. The van der Waals surface area contributed by atoms with Crippen LogP contribution in [0.4, 0.5) is 0 Å². The van der Waals surface area contributed by atoms with Crippen LogP contribution in [0.1, 0.15) is 5.56 Å². The third kappa shape index (κ3) is 3.93. The zero-order valence-corrected chi connectivity index (χ0v) is 9.73. The minimum atomic E-state index is -2.70.